The highest BCUT2D eigenvalue weighted by atomic mass is 16.3. The Morgan fingerprint density at radius 3 is 1.33 bits per heavy atom. The molecule has 63 heavy (non-hydrogen) atoms. The Kier molecular flexibility index (Phi) is 8.83. The highest BCUT2D eigenvalue weighted by molar-refractivity contribution is 6.10. The number of hydrogen-bond donors (Lipinski definition) is 0. The molecule has 0 radical (unpaired) electrons. The Labute approximate surface area is 366 Å². The van der Waals surface area contributed by atoms with Gasteiger partial charge in [0.25, 0.3) is 0 Å². The molecule has 0 spiro atoms. The summed E-state index contributed by atoms with van der Waals surface area (Å²) in [5, 5.41) is 4.81. The number of fused-ring (bicyclic) bond motifs is 6. The molecule has 296 valence electrons. The van der Waals surface area contributed by atoms with E-state index in [2.05, 4.69) is 240 Å². The first-order valence-electron chi connectivity index (χ1n) is 21.5. The monoisotopic (exact) mass is 804 g/mol. The number of para-hydroxylation sites is 4. The SMILES string of the molecule is c1ccc(-c2ccc(N(c3ccc(-c4cccc(-c5ccc(-n6c7ccccc7c7ccccc76)cc5)c4)cc3)c3ccc(-c4cccc5c4oc4ccccc45)cc3)cc2)cc1. The Balaban J connectivity index is 0.870. The Bertz CT molecular complexity index is 3530. The lowest BCUT2D eigenvalue weighted by Gasteiger charge is -2.26. The van der Waals surface area contributed by atoms with Crippen LogP contribution in [0.5, 0.6) is 0 Å². The van der Waals surface area contributed by atoms with Gasteiger partial charge in [0.05, 0.1) is 11.0 Å². The lowest BCUT2D eigenvalue weighted by atomic mass is 9.98. The highest BCUT2D eigenvalue weighted by Gasteiger charge is 2.17. The maximum Gasteiger partial charge on any atom is 0.143 e. The van der Waals surface area contributed by atoms with E-state index in [0.29, 0.717) is 0 Å². The maximum absolute atomic E-state index is 6.41. The van der Waals surface area contributed by atoms with Crippen molar-refractivity contribution in [3.8, 4) is 50.2 Å². The van der Waals surface area contributed by atoms with Gasteiger partial charge in [-0.2, -0.15) is 0 Å². The normalized spacial score (nSPS) is 11.5. The zero-order chi connectivity index (χ0) is 41.7. The molecular weight excluding hydrogens is 765 g/mol. The van der Waals surface area contributed by atoms with Gasteiger partial charge >= 0.3 is 0 Å². The molecule has 0 aliphatic rings. The lowest BCUT2D eigenvalue weighted by molar-refractivity contribution is 0.670. The van der Waals surface area contributed by atoms with E-state index in [0.717, 1.165) is 61.4 Å². The van der Waals surface area contributed by atoms with Gasteiger partial charge in [0.15, 0.2) is 0 Å². The van der Waals surface area contributed by atoms with Gasteiger partial charge in [-0.3, -0.25) is 0 Å². The van der Waals surface area contributed by atoms with E-state index in [1.807, 2.05) is 12.1 Å². The van der Waals surface area contributed by atoms with E-state index in [9.17, 15) is 0 Å². The smallest absolute Gasteiger partial charge is 0.143 e. The molecule has 12 rings (SSSR count). The van der Waals surface area contributed by atoms with E-state index in [-0.39, 0.29) is 0 Å². The summed E-state index contributed by atoms with van der Waals surface area (Å²) in [4.78, 5) is 2.33. The third kappa shape index (κ3) is 6.46. The van der Waals surface area contributed by atoms with Gasteiger partial charge in [-0.1, -0.05) is 170 Å². The summed E-state index contributed by atoms with van der Waals surface area (Å²) in [6.07, 6.45) is 0. The van der Waals surface area contributed by atoms with Crippen LogP contribution in [-0.4, -0.2) is 4.57 Å². The fourth-order valence-electron chi connectivity index (χ4n) is 9.33. The Hall–Kier alpha value is -8.40. The van der Waals surface area contributed by atoms with E-state index in [1.54, 1.807) is 0 Å². The number of nitrogens with zero attached hydrogens (tertiary/aromatic N) is 2. The summed E-state index contributed by atoms with van der Waals surface area (Å²) in [5.41, 5.74) is 17.9. The molecule has 12 aromatic rings. The molecule has 0 amide bonds. The molecule has 0 bridgehead atoms. The molecule has 3 nitrogen and oxygen atoms in total. The largest absolute Gasteiger partial charge is 0.455 e. The van der Waals surface area contributed by atoms with E-state index >= 15 is 0 Å². The van der Waals surface area contributed by atoms with Gasteiger partial charge < -0.3 is 13.9 Å². The minimum absolute atomic E-state index is 0.905. The van der Waals surface area contributed by atoms with Crippen LogP contribution in [0.4, 0.5) is 17.1 Å². The first-order valence-corrected chi connectivity index (χ1v) is 21.5. The number of benzene rings is 10. The van der Waals surface area contributed by atoms with Crippen LogP contribution in [0.25, 0.3) is 93.9 Å². The van der Waals surface area contributed by atoms with Crippen LogP contribution >= 0.6 is 0 Å². The molecule has 0 atom stereocenters. The minimum atomic E-state index is 0.905. The van der Waals surface area contributed by atoms with Crippen molar-refractivity contribution in [3.63, 3.8) is 0 Å². The van der Waals surface area contributed by atoms with Gasteiger partial charge in [0.1, 0.15) is 11.2 Å². The summed E-state index contributed by atoms with van der Waals surface area (Å²) < 4.78 is 8.78. The van der Waals surface area contributed by atoms with Crippen molar-refractivity contribution in [3.05, 3.63) is 243 Å². The zero-order valence-electron chi connectivity index (χ0n) is 34.4. The first-order chi connectivity index (χ1) is 31.2. The van der Waals surface area contributed by atoms with Gasteiger partial charge in [0.2, 0.25) is 0 Å². The molecule has 0 saturated carbocycles. The van der Waals surface area contributed by atoms with Crippen molar-refractivity contribution < 1.29 is 4.42 Å². The van der Waals surface area contributed by atoms with Crippen LogP contribution in [0.1, 0.15) is 0 Å². The molecule has 0 fully saturated rings. The second kappa shape index (κ2) is 15.3. The van der Waals surface area contributed by atoms with Crippen molar-refractivity contribution in [2.75, 3.05) is 4.90 Å². The fourth-order valence-corrected chi connectivity index (χ4v) is 9.33. The predicted octanol–water partition coefficient (Wildman–Crippen LogP) is 16.8. The molecule has 0 saturated heterocycles. The first kappa shape index (κ1) is 36.5. The van der Waals surface area contributed by atoms with Crippen LogP contribution in [0.3, 0.4) is 0 Å². The molecular formula is C60H40N2O. The third-order valence-corrected chi connectivity index (χ3v) is 12.4. The van der Waals surface area contributed by atoms with Crippen LogP contribution in [0.15, 0.2) is 247 Å². The van der Waals surface area contributed by atoms with Crippen LogP contribution in [0, 0.1) is 0 Å². The molecule has 0 aliphatic heterocycles. The summed E-state index contributed by atoms with van der Waals surface area (Å²) in [6.45, 7) is 0. The summed E-state index contributed by atoms with van der Waals surface area (Å²) >= 11 is 0. The lowest BCUT2D eigenvalue weighted by Crippen LogP contribution is -2.09. The van der Waals surface area contributed by atoms with Crippen molar-refractivity contribution >= 4 is 60.8 Å². The molecule has 2 heterocycles. The van der Waals surface area contributed by atoms with Crippen molar-refractivity contribution in [2.45, 2.75) is 0 Å². The topological polar surface area (TPSA) is 21.3 Å². The molecule has 10 aromatic carbocycles. The van der Waals surface area contributed by atoms with Crippen LogP contribution in [0.2, 0.25) is 0 Å². The predicted molar refractivity (Wildman–Crippen MR) is 264 cm³/mol. The van der Waals surface area contributed by atoms with Gasteiger partial charge in [0, 0.05) is 49.9 Å². The molecule has 0 unspecified atom stereocenters. The number of furan rings is 1. The van der Waals surface area contributed by atoms with Crippen molar-refractivity contribution in [1.82, 2.24) is 4.57 Å². The standard InChI is InChI=1S/C60H40N2O/c1-2-12-41(13-3-1)42-24-32-48(33-25-42)61(50-38-30-45(31-39-50)52-19-11-20-56-55-18-6-9-23-59(55)63-60(52)56)49-34-26-43(27-35-49)46-14-10-15-47(40-46)44-28-36-51(37-29-44)62-57-21-7-4-16-53(57)54-17-5-8-22-58(54)62/h1-40H. The molecule has 3 heteroatoms. The van der Waals surface area contributed by atoms with Gasteiger partial charge in [-0.05, 0) is 112 Å². The maximum atomic E-state index is 6.41. The second-order valence-corrected chi connectivity index (χ2v) is 16.1. The second-order valence-electron chi connectivity index (χ2n) is 16.1. The average molecular weight is 805 g/mol. The quantitative estimate of drug-likeness (QED) is 0.153. The number of anilines is 3. The highest BCUT2D eigenvalue weighted by Crippen LogP contribution is 2.41. The van der Waals surface area contributed by atoms with Gasteiger partial charge in [-0.15, -0.1) is 0 Å². The number of aromatic nitrogens is 1. The fraction of sp³-hybridized carbons (Fsp3) is 0. The third-order valence-electron chi connectivity index (χ3n) is 12.4. The Morgan fingerprint density at radius 1 is 0.302 bits per heavy atom. The van der Waals surface area contributed by atoms with E-state index in [4.69, 9.17) is 4.42 Å². The number of rotatable bonds is 8. The Morgan fingerprint density at radius 2 is 0.730 bits per heavy atom. The average Bonchev–Trinajstić information content (AvgIpc) is 3.91. The molecule has 2 aromatic heterocycles. The summed E-state index contributed by atoms with van der Waals surface area (Å²) in [6, 6.07) is 87.0. The summed E-state index contributed by atoms with van der Waals surface area (Å²) in [7, 11) is 0. The van der Waals surface area contributed by atoms with Crippen molar-refractivity contribution in [1.29, 1.82) is 0 Å². The van der Waals surface area contributed by atoms with Gasteiger partial charge in [-0.25, -0.2) is 0 Å². The van der Waals surface area contributed by atoms with Crippen LogP contribution < -0.4 is 4.90 Å². The molecule has 0 aliphatic carbocycles. The summed E-state index contributed by atoms with van der Waals surface area (Å²) in [5.74, 6) is 0. The molecule has 0 N–H and O–H groups in total. The van der Waals surface area contributed by atoms with E-state index < -0.39 is 0 Å². The van der Waals surface area contributed by atoms with E-state index in [1.165, 1.54) is 49.6 Å². The zero-order valence-corrected chi connectivity index (χ0v) is 34.4. The van der Waals surface area contributed by atoms with Crippen LogP contribution in [-0.2, 0) is 0 Å². The number of hydrogen-bond acceptors (Lipinski definition) is 2. The van der Waals surface area contributed by atoms with Crippen molar-refractivity contribution in [2.24, 2.45) is 0 Å². The minimum Gasteiger partial charge on any atom is -0.455 e.